The third-order valence-electron chi connectivity index (χ3n) is 3.70. The van der Waals surface area contributed by atoms with Crippen LogP contribution in [-0.4, -0.2) is 32.7 Å². The number of alkyl halides is 2. The Morgan fingerprint density at radius 2 is 1.68 bits per heavy atom. The fraction of sp³-hybridized carbons (Fsp3) is 0.158. The molecule has 0 aliphatic carbocycles. The lowest BCUT2D eigenvalue weighted by molar-refractivity contribution is -0.129. The topological polar surface area (TPSA) is 66.4 Å². The lowest BCUT2D eigenvalue weighted by Crippen LogP contribution is -2.06. The van der Waals surface area contributed by atoms with Crippen molar-refractivity contribution in [2.75, 3.05) is 14.2 Å². The molecule has 0 atom stereocenters. The summed E-state index contributed by atoms with van der Waals surface area (Å²) in [6.07, 6.45) is 1.37. The number of cyclic esters (lactones) is 1. The molecule has 0 N–H and O–H groups in total. The number of halogens is 3. The average molecular weight is 393 g/mol. The fourth-order valence-corrected chi connectivity index (χ4v) is 2.47. The predicted octanol–water partition coefficient (Wildman–Crippen LogP) is 3.79. The van der Waals surface area contributed by atoms with E-state index in [2.05, 4.69) is 9.73 Å². The molecule has 2 aromatic carbocycles. The molecule has 9 heteroatoms. The van der Waals surface area contributed by atoms with Gasteiger partial charge in [0, 0.05) is 5.56 Å². The van der Waals surface area contributed by atoms with Crippen LogP contribution >= 0.6 is 0 Å². The maximum Gasteiger partial charge on any atom is 0.387 e. The Balaban J connectivity index is 1.98. The van der Waals surface area contributed by atoms with E-state index in [0.717, 1.165) is 0 Å². The second kappa shape index (κ2) is 8.03. The number of hydrogen-bond acceptors (Lipinski definition) is 6. The lowest BCUT2D eigenvalue weighted by Gasteiger charge is -2.14. The van der Waals surface area contributed by atoms with Crippen LogP contribution in [0.15, 0.2) is 47.1 Å². The second-order valence-electron chi connectivity index (χ2n) is 5.48. The predicted molar refractivity (Wildman–Crippen MR) is 93.2 cm³/mol. The molecule has 0 spiro atoms. The van der Waals surface area contributed by atoms with E-state index in [0.29, 0.717) is 11.1 Å². The van der Waals surface area contributed by atoms with Crippen molar-refractivity contribution >= 4 is 17.9 Å². The normalized spacial score (nSPS) is 14.9. The highest BCUT2D eigenvalue weighted by Crippen LogP contribution is 2.40. The minimum absolute atomic E-state index is 0.0133. The van der Waals surface area contributed by atoms with Crippen LogP contribution in [-0.2, 0) is 9.53 Å². The molecule has 1 heterocycles. The van der Waals surface area contributed by atoms with Crippen LogP contribution in [0.25, 0.3) is 6.08 Å². The first-order valence-electron chi connectivity index (χ1n) is 7.90. The molecule has 0 radical (unpaired) electrons. The van der Waals surface area contributed by atoms with Gasteiger partial charge in [0.2, 0.25) is 11.6 Å². The SMILES string of the molecule is COc1cc(/C=C2\N=C(c3ccc(F)cc3)OC2=O)cc(OC)c1OC(F)F. The molecule has 0 aromatic heterocycles. The Morgan fingerprint density at radius 1 is 1.07 bits per heavy atom. The quantitative estimate of drug-likeness (QED) is 0.552. The van der Waals surface area contributed by atoms with Crippen LogP contribution in [0.2, 0.25) is 0 Å². The maximum absolute atomic E-state index is 13.0. The zero-order valence-corrected chi connectivity index (χ0v) is 14.7. The number of nitrogens with zero attached hydrogens (tertiary/aromatic N) is 1. The molecule has 1 aliphatic rings. The smallest absolute Gasteiger partial charge is 0.387 e. The molecule has 2 aromatic rings. The molecule has 0 saturated carbocycles. The van der Waals surface area contributed by atoms with Gasteiger partial charge >= 0.3 is 12.6 Å². The van der Waals surface area contributed by atoms with Crippen molar-refractivity contribution in [3.05, 3.63) is 59.0 Å². The van der Waals surface area contributed by atoms with E-state index in [4.69, 9.17) is 14.2 Å². The molecule has 6 nitrogen and oxygen atoms in total. The highest BCUT2D eigenvalue weighted by molar-refractivity contribution is 6.12. The van der Waals surface area contributed by atoms with Crippen LogP contribution in [0.5, 0.6) is 17.2 Å². The van der Waals surface area contributed by atoms with E-state index in [9.17, 15) is 18.0 Å². The standard InChI is InChI=1S/C19H14F3NO5/c1-25-14-8-10(9-15(26-2)16(14)27-19(21)22)7-13-18(24)28-17(23-13)11-3-5-12(20)6-4-11/h3-9,19H,1-2H3/b13-7-. The Bertz CT molecular complexity index is 930. The molecule has 146 valence electrons. The number of methoxy groups -OCH3 is 2. The van der Waals surface area contributed by atoms with Crippen molar-refractivity contribution < 1.29 is 36.9 Å². The van der Waals surface area contributed by atoms with E-state index in [1.807, 2.05) is 0 Å². The van der Waals surface area contributed by atoms with Crippen molar-refractivity contribution in [3.8, 4) is 17.2 Å². The van der Waals surface area contributed by atoms with E-state index in [1.54, 1.807) is 0 Å². The van der Waals surface area contributed by atoms with E-state index in [1.165, 1.54) is 56.7 Å². The number of carbonyl (C=O) groups is 1. The van der Waals surface area contributed by atoms with Gasteiger partial charge in [0.25, 0.3) is 0 Å². The van der Waals surface area contributed by atoms with Crippen molar-refractivity contribution in [3.63, 3.8) is 0 Å². The Labute approximate surface area is 157 Å². The lowest BCUT2D eigenvalue weighted by atomic mass is 10.1. The summed E-state index contributed by atoms with van der Waals surface area (Å²) in [6.45, 7) is -3.07. The number of ether oxygens (including phenoxy) is 4. The largest absolute Gasteiger partial charge is 0.493 e. The van der Waals surface area contributed by atoms with Gasteiger partial charge in [0.15, 0.2) is 17.2 Å². The van der Waals surface area contributed by atoms with Gasteiger partial charge in [-0.15, -0.1) is 0 Å². The van der Waals surface area contributed by atoms with Gasteiger partial charge in [-0.05, 0) is 48.0 Å². The Kier molecular flexibility index (Phi) is 5.53. The third kappa shape index (κ3) is 4.08. The third-order valence-corrected chi connectivity index (χ3v) is 3.70. The molecule has 0 unspecified atom stereocenters. The van der Waals surface area contributed by atoms with Crippen molar-refractivity contribution in [2.45, 2.75) is 6.61 Å². The van der Waals surface area contributed by atoms with Gasteiger partial charge in [-0.3, -0.25) is 0 Å². The second-order valence-corrected chi connectivity index (χ2v) is 5.48. The Morgan fingerprint density at radius 3 is 2.21 bits per heavy atom. The minimum atomic E-state index is -3.07. The van der Waals surface area contributed by atoms with Crippen molar-refractivity contribution in [1.29, 1.82) is 0 Å². The maximum atomic E-state index is 13.0. The molecular weight excluding hydrogens is 379 g/mol. The molecule has 28 heavy (non-hydrogen) atoms. The highest BCUT2D eigenvalue weighted by atomic mass is 19.3. The number of carbonyl (C=O) groups excluding carboxylic acids is 1. The van der Waals surface area contributed by atoms with Crippen molar-refractivity contribution in [2.24, 2.45) is 4.99 Å². The molecule has 0 amide bonds. The molecule has 0 fully saturated rings. The highest BCUT2D eigenvalue weighted by Gasteiger charge is 2.25. The summed E-state index contributed by atoms with van der Waals surface area (Å²) in [5.74, 6) is -1.43. The van der Waals surface area contributed by atoms with E-state index < -0.39 is 18.4 Å². The number of esters is 1. The summed E-state index contributed by atoms with van der Waals surface area (Å²) in [5, 5.41) is 0. The molecule has 0 saturated heterocycles. The summed E-state index contributed by atoms with van der Waals surface area (Å²) < 4.78 is 57.9. The Hall–Kier alpha value is -3.49. The summed E-state index contributed by atoms with van der Waals surface area (Å²) >= 11 is 0. The summed E-state index contributed by atoms with van der Waals surface area (Å²) in [6, 6.07) is 8.04. The number of benzene rings is 2. The first-order valence-corrected chi connectivity index (χ1v) is 7.90. The van der Waals surface area contributed by atoms with E-state index >= 15 is 0 Å². The van der Waals surface area contributed by atoms with Gasteiger partial charge in [-0.1, -0.05) is 0 Å². The first kappa shape index (κ1) is 19.3. The van der Waals surface area contributed by atoms with Crippen molar-refractivity contribution in [1.82, 2.24) is 0 Å². The fourth-order valence-electron chi connectivity index (χ4n) is 2.47. The molecule has 3 rings (SSSR count). The number of aliphatic imine (C=N–C) groups is 1. The van der Waals surface area contributed by atoms with Gasteiger partial charge in [-0.2, -0.15) is 8.78 Å². The molecule has 1 aliphatic heterocycles. The molecular formula is C19H14F3NO5. The number of hydrogen-bond donors (Lipinski definition) is 0. The van der Waals surface area contributed by atoms with Gasteiger partial charge in [0.05, 0.1) is 14.2 Å². The summed E-state index contributed by atoms with van der Waals surface area (Å²) in [4.78, 5) is 16.2. The van der Waals surface area contributed by atoms with Crippen LogP contribution < -0.4 is 14.2 Å². The average Bonchev–Trinajstić information content (AvgIpc) is 3.03. The minimum Gasteiger partial charge on any atom is -0.493 e. The van der Waals surface area contributed by atoms with Gasteiger partial charge in [-0.25, -0.2) is 14.2 Å². The first-order chi connectivity index (χ1) is 13.4. The van der Waals surface area contributed by atoms with Crippen LogP contribution in [0.3, 0.4) is 0 Å². The van der Waals surface area contributed by atoms with E-state index in [-0.39, 0.29) is 28.8 Å². The zero-order valence-electron chi connectivity index (χ0n) is 14.7. The number of rotatable bonds is 6. The monoisotopic (exact) mass is 393 g/mol. The summed E-state index contributed by atoms with van der Waals surface area (Å²) in [5.41, 5.74) is 0.770. The van der Waals surface area contributed by atoms with Crippen LogP contribution in [0, 0.1) is 5.82 Å². The van der Waals surface area contributed by atoms with Crippen LogP contribution in [0.4, 0.5) is 13.2 Å². The zero-order chi connectivity index (χ0) is 20.3. The van der Waals surface area contributed by atoms with Crippen LogP contribution in [0.1, 0.15) is 11.1 Å². The summed E-state index contributed by atoms with van der Waals surface area (Å²) in [7, 11) is 2.55. The van der Waals surface area contributed by atoms with Gasteiger partial charge in [0.1, 0.15) is 5.82 Å². The van der Waals surface area contributed by atoms with Gasteiger partial charge < -0.3 is 18.9 Å². The molecule has 0 bridgehead atoms.